The van der Waals surface area contributed by atoms with E-state index < -0.39 is 12.1 Å². The molecule has 0 aliphatic heterocycles. The molecule has 34 heavy (non-hydrogen) atoms. The highest BCUT2D eigenvalue weighted by molar-refractivity contribution is 6.20. The van der Waals surface area contributed by atoms with Crippen molar-refractivity contribution >= 4 is 23.7 Å². The van der Waals surface area contributed by atoms with E-state index in [1.54, 1.807) is 60.7 Å². The summed E-state index contributed by atoms with van der Waals surface area (Å²) in [4.78, 5) is 23.1. The monoisotopic (exact) mass is 463 g/mol. The fraction of sp³-hybridized carbons (Fsp3) is 0.154. The lowest BCUT2D eigenvalue weighted by Crippen LogP contribution is -2.22. The van der Waals surface area contributed by atoms with Crippen molar-refractivity contribution in [3.8, 4) is 23.0 Å². The third-order valence-electron chi connectivity index (χ3n) is 4.86. The first-order valence-corrected chi connectivity index (χ1v) is 10.3. The average molecular weight is 463 g/mol. The number of amides is 1. The molecular formula is C26H25NO7. The number of carbonyl (C=O) groups is 2. The Balaban J connectivity index is 1.75. The van der Waals surface area contributed by atoms with Gasteiger partial charge in [0.2, 0.25) is 0 Å². The number of aliphatic carboxylic acids is 1. The largest absolute Gasteiger partial charge is 0.497 e. The molecule has 0 saturated heterocycles. The molecule has 1 amide bonds. The van der Waals surface area contributed by atoms with E-state index >= 15 is 0 Å². The van der Waals surface area contributed by atoms with E-state index in [2.05, 4.69) is 10.1 Å². The van der Waals surface area contributed by atoms with Gasteiger partial charge in [0.15, 0.2) is 0 Å². The van der Waals surface area contributed by atoms with E-state index in [9.17, 15) is 14.7 Å². The maximum absolute atomic E-state index is 11.9. The summed E-state index contributed by atoms with van der Waals surface area (Å²) in [5.74, 6) is 1.22. The van der Waals surface area contributed by atoms with Crippen molar-refractivity contribution in [3.63, 3.8) is 0 Å². The molecule has 0 aliphatic rings. The van der Waals surface area contributed by atoms with E-state index in [1.165, 1.54) is 21.3 Å². The predicted octanol–water partition coefficient (Wildman–Crippen LogP) is 4.98. The molecule has 0 radical (unpaired) electrons. The first-order valence-electron chi connectivity index (χ1n) is 10.3. The Hall–Kier alpha value is -4.46. The second-order valence-electron chi connectivity index (χ2n) is 7.12. The van der Waals surface area contributed by atoms with E-state index in [0.29, 0.717) is 40.7 Å². The Bertz CT molecular complexity index is 1150. The first kappa shape index (κ1) is 24.2. The number of methoxy groups -OCH3 is 3. The van der Waals surface area contributed by atoms with Crippen molar-refractivity contribution in [3.05, 3.63) is 83.4 Å². The standard InChI is InChI=1S/C26H25NO7/c1-31-22-12-18(13-23(15-22)32-2)14-24(25(28)29)19-6-10-21(11-7-19)34-20-8-4-17(5-9-20)16-27-26(30)33-3/h4-15H,16H2,1-3H3,(H,27,30)(H,28,29)/b24-14+. The van der Waals surface area contributed by atoms with Crippen LogP contribution >= 0.6 is 0 Å². The third kappa shape index (κ3) is 6.52. The van der Waals surface area contributed by atoms with Gasteiger partial charge in [0, 0.05) is 12.6 Å². The van der Waals surface area contributed by atoms with Gasteiger partial charge in [0.1, 0.15) is 23.0 Å². The zero-order valence-electron chi connectivity index (χ0n) is 19.0. The first-order chi connectivity index (χ1) is 16.4. The molecule has 0 aliphatic carbocycles. The average Bonchev–Trinajstić information content (AvgIpc) is 2.86. The van der Waals surface area contributed by atoms with Crippen molar-refractivity contribution in [1.82, 2.24) is 5.32 Å². The summed E-state index contributed by atoms with van der Waals surface area (Å²) in [5.41, 5.74) is 2.16. The van der Waals surface area contributed by atoms with Crippen LogP contribution in [0, 0.1) is 0 Å². The Labute approximate surface area is 197 Å². The summed E-state index contributed by atoms with van der Waals surface area (Å²) >= 11 is 0. The van der Waals surface area contributed by atoms with E-state index in [0.717, 1.165) is 5.56 Å². The predicted molar refractivity (Wildman–Crippen MR) is 127 cm³/mol. The summed E-state index contributed by atoms with van der Waals surface area (Å²) in [7, 11) is 4.38. The van der Waals surface area contributed by atoms with Gasteiger partial charge in [-0.25, -0.2) is 9.59 Å². The van der Waals surface area contributed by atoms with Crippen LogP contribution in [0.4, 0.5) is 4.79 Å². The number of alkyl carbamates (subject to hydrolysis) is 1. The number of carboxylic acid groups (broad SMARTS) is 1. The van der Waals surface area contributed by atoms with E-state index in [1.807, 2.05) is 12.1 Å². The Morgan fingerprint density at radius 2 is 1.38 bits per heavy atom. The molecule has 3 aromatic rings. The van der Waals surface area contributed by atoms with Gasteiger partial charge in [0.25, 0.3) is 0 Å². The quantitative estimate of drug-likeness (QED) is 0.341. The molecule has 0 unspecified atom stereocenters. The molecule has 0 heterocycles. The highest BCUT2D eigenvalue weighted by Gasteiger charge is 2.12. The lowest BCUT2D eigenvalue weighted by atomic mass is 10.0. The molecule has 3 rings (SSSR count). The zero-order valence-corrected chi connectivity index (χ0v) is 19.0. The highest BCUT2D eigenvalue weighted by atomic mass is 16.5. The maximum Gasteiger partial charge on any atom is 0.407 e. The Morgan fingerprint density at radius 3 is 1.88 bits per heavy atom. The summed E-state index contributed by atoms with van der Waals surface area (Å²) in [6.45, 7) is 0.338. The molecule has 0 spiro atoms. The molecule has 2 N–H and O–H groups in total. The fourth-order valence-electron chi connectivity index (χ4n) is 3.11. The minimum Gasteiger partial charge on any atom is -0.497 e. The van der Waals surface area contributed by atoms with E-state index in [-0.39, 0.29) is 5.57 Å². The fourth-order valence-corrected chi connectivity index (χ4v) is 3.11. The van der Waals surface area contributed by atoms with Crippen LogP contribution in [-0.4, -0.2) is 38.5 Å². The summed E-state index contributed by atoms with van der Waals surface area (Å²) in [6.07, 6.45) is 1.06. The van der Waals surface area contributed by atoms with Crippen LogP contribution in [0.2, 0.25) is 0 Å². The molecule has 3 aromatic carbocycles. The van der Waals surface area contributed by atoms with Gasteiger partial charge in [-0.05, 0) is 59.2 Å². The van der Waals surface area contributed by atoms with Gasteiger partial charge in [-0.15, -0.1) is 0 Å². The van der Waals surface area contributed by atoms with Crippen molar-refractivity contribution in [2.75, 3.05) is 21.3 Å². The second kappa shape index (κ2) is 11.4. The molecule has 8 nitrogen and oxygen atoms in total. The van der Waals surface area contributed by atoms with Crippen molar-refractivity contribution < 1.29 is 33.6 Å². The number of benzene rings is 3. The zero-order chi connectivity index (χ0) is 24.5. The maximum atomic E-state index is 11.9. The topological polar surface area (TPSA) is 103 Å². The summed E-state index contributed by atoms with van der Waals surface area (Å²) in [5, 5.41) is 12.4. The van der Waals surface area contributed by atoms with Gasteiger partial charge in [-0.3, -0.25) is 0 Å². The van der Waals surface area contributed by atoms with Crippen molar-refractivity contribution in [1.29, 1.82) is 0 Å². The molecule has 0 atom stereocenters. The Morgan fingerprint density at radius 1 is 0.824 bits per heavy atom. The summed E-state index contributed by atoms with van der Waals surface area (Å²) in [6, 6.07) is 19.1. The minimum atomic E-state index is -1.06. The van der Waals surface area contributed by atoms with Crippen LogP contribution in [-0.2, 0) is 16.1 Å². The lowest BCUT2D eigenvalue weighted by Gasteiger charge is -2.10. The van der Waals surface area contributed by atoms with Gasteiger partial charge >= 0.3 is 12.1 Å². The van der Waals surface area contributed by atoms with Gasteiger partial charge in [0.05, 0.1) is 26.9 Å². The van der Waals surface area contributed by atoms with Gasteiger partial charge in [-0.1, -0.05) is 24.3 Å². The summed E-state index contributed by atoms with van der Waals surface area (Å²) < 4.78 is 20.9. The van der Waals surface area contributed by atoms with Crippen molar-refractivity contribution in [2.24, 2.45) is 0 Å². The smallest absolute Gasteiger partial charge is 0.407 e. The lowest BCUT2D eigenvalue weighted by molar-refractivity contribution is -0.130. The number of carboxylic acids is 1. The van der Waals surface area contributed by atoms with Crippen LogP contribution in [0.3, 0.4) is 0 Å². The number of ether oxygens (including phenoxy) is 4. The molecule has 8 heteroatoms. The normalized spacial score (nSPS) is 10.9. The third-order valence-corrected chi connectivity index (χ3v) is 4.86. The van der Waals surface area contributed by atoms with Gasteiger partial charge in [-0.2, -0.15) is 0 Å². The highest BCUT2D eigenvalue weighted by Crippen LogP contribution is 2.28. The SMILES string of the molecule is COC(=O)NCc1ccc(Oc2ccc(/C(=C\c3cc(OC)cc(OC)c3)C(=O)O)cc2)cc1. The number of hydrogen-bond donors (Lipinski definition) is 2. The van der Waals surface area contributed by atoms with Crippen molar-refractivity contribution in [2.45, 2.75) is 6.54 Å². The van der Waals surface area contributed by atoms with Crippen LogP contribution < -0.4 is 19.5 Å². The number of nitrogens with one attached hydrogen (secondary N) is 1. The molecule has 0 bridgehead atoms. The van der Waals surface area contributed by atoms with Crippen LogP contribution in [0.25, 0.3) is 11.6 Å². The molecular weight excluding hydrogens is 438 g/mol. The van der Waals surface area contributed by atoms with Gasteiger partial charge < -0.3 is 29.4 Å². The molecule has 0 aromatic heterocycles. The second-order valence-corrected chi connectivity index (χ2v) is 7.12. The minimum absolute atomic E-state index is 0.115. The molecule has 176 valence electrons. The molecule has 0 fully saturated rings. The van der Waals surface area contributed by atoms with E-state index in [4.69, 9.17) is 14.2 Å². The van der Waals surface area contributed by atoms with Crippen LogP contribution in [0.1, 0.15) is 16.7 Å². The van der Waals surface area contributed by atoms with Crippen LogP contribution in [0.5, 0.6) is 23.0 Å². The number of hydrogen-bond acceptors (Lipinski definition) is 6. The Kier molecular flexibility index (Phi) is 8.12. The number of carbonyl (C=O) groups excluding carboxylic acids is 1. The van der Waals surface area contributed by atoms with Crippen LogP contribution in [0.15, 0.2) is 66.7 Å². The number of rotatable bonds is 9. The molecule has 0 saturated carbocycles.